The molecule has 0 aliphatic heterocycles. The third kappa shape index (κ3) is 12.9. The number of aliphatic hydroxyl groups excluding tert-OH is 3. The predicted molar refractivity (Wildman–Crippen MR) is 371 cm³/mol. The largest absolute Gasteiger partial charge is 0.393 e. The maximum atomic E-state index is 10.2. The van der Waals surface area contributed by atoms with Gasteiger partial charge in [0, 0.05) is 0 Å². The lowest BCUT2D eigenvalue weighted by atomic mass is 9.47. The van der Waals surface area contributed by atoms with Gasteiger partial charge in [0.2, 0.25) is 0 Å². The van der Waals surface area contributed by atoms with Gasteiger partial charge in [-0.05, 0) is 346 Å². The normalized spacial score (nSPS) is 45.4. The third-order valence-corrected chi connectivity index (χ3v) is 31.4. The van der Waals surface area contributed by atoms with Gasteiger partial charge in [-0.1, -0.05) is 160 Å². The van der Waals surface area contributed by atoms with Crippen LogP contribution in [0, 0.1) is 133 Å². The third-order valence-electron chi connectivity index (χ3n) is 31.4. The molecular formula is C84H138O3. The highest BCUT2D eigenvalue weighted by Crippen LogP contribution is 2.71. The Morgan fingerprint density at radius 1 is 0.460 bits per heavy atom. The summed E-state index contributed by atoms with van der Waals surface area (Å²) in [5.41, 5.74) is 12.2. The van der Waals surface area contributed by atoms with Gasteiger partial charge in [-0.15, -0.1) is 0 Å². The van der Waals surface area contributed by atoms with Crippen molar-refractivity contribution in [1.29, 1.82) is 0 Å². The Bertz CT molecular complexity index is 2530. The van der Waals surface area contributed by atoms with Gasteiger partial charge in [0.15, 0.2) is 0 Å². The van der Waals surface area contributed by atoms with E-state index in [0.29, 0.717) is 44.3 Å². The Morgan fingerprint density at radius 2 is 0.805 bits per heavy atom. The molecule has 0 spiro atoms. The van der Waals surface area contributed by atoms with Gasteiger partial charge in [0.25, 0.3) is 0 Å². The Kier molecular flexibility index (Phi) is 21.1. The molecule has 9 fully saturated rings. The molecule has 9 saturated carbocycles. The van der Waals surface area contributed by atoms with E-state index in [1.807, 2.05) is 0 Å². The van der Waals surface area contributed by atoms with Crippen molar-refractivity contribution in [3.05, 3.63) is 70.4 Å². The van der Waals surface area contributed by atoms with Gasteiger partial charge in [0.05, 0.1) is 18.3 Å². The standard InChI is InChI=1S/C29H48O.C28H46O.C27H44O/c1-7-21(19(2)3)9-8-20(4)25-12-13-26-24-11-10-22-18-23(30)14-16-28(22,5)27(24)15-17-29(25,26)6;1-18(2)19(3)7-8-20(4)24-11-12-25-23-10-9-21-17-22(29)13-15-27(21,5)26(23)14-16-28(24,25)6;1-18(2)7-6-8-19(3)23-11-12-24-22-10-9-20-17-21(28)13-15-26(20,4)25(22)14-16-27(23,24)5/h7,10,19-20,23-27,30H,8-9,11-18H2,1-6H3;9,18,20,22-26,29H,3,7-8,10-17H2,1-2,4-6H3;7,9,19,21-25,28H,6,8,10-17H2,1-5H3/b21-7+;;/t20-,23+,24+,25-,26+,27+,28+,29-;20-,22+,23+,24-,25+,26+,27+,28-;19-,21+,22+,23-,24+,25+,26+,27-/m111/s1. The first kappa shape index (κ1) is 68.2. The molecule has 0 heterocycles. The molecule has 0 saturated heterocycles. The zero-order valence-electron chi connectivity index (χ0n) is 59.7. The van der Waals surface area contributed by atoms with Crippen LogP contribution in [0.2, 0.25) is 0 Å². The van der Waals surface area contributed by atoms with Crippen molar-refractivity contribution in [3.63, 3.8) is 0 Å². The molecule has 3 N–H and O–H groups in total. The fourth-order valence-corrected chi connectivity index (χ4v) is 26.0. The quantitative estimate of drug-likeness (QED) is 0.152. The number of hydrogen-bond donors (Lipinski definition) is 3. The van der Waals surface area contributed by atoms with Crippen molar-refractivity contribution >= 4 is 0 Å². The second-order valence-corrected chi connectivity index (χ2v) is 36.4. The summed E-state index contributed by atoms with van der Waals surface area (Å²) in [6.45, 7) is 43.7. The Balaban J connectivity index is 0.000000145. The van der Waals surface area contributed by atoms with Crippen LogP contribution in [0.4, 0.5) is 0 Å². The maximum absolute atomic E-state index is 10.2. The maximum Gasteiger partial charge on any atom is 0.0577 e. The molecule has 12 rings (SSSR count). The van der Waals surface area contributed by atoms with E-state index in [-0.39, 0.29) is 18.3 Å². The topological polar surface area (TPSA) is 60.7 Å². The molecule has 0 unspecified atom stereocenters. The van der Waals surface area contributed by atoms with Gasteiger partial charge >= 0.3 is 0 Å². The SMILES string of the molecule is C/C=C(\CC[C@@H](C)[C@H]1CC[C@H]2[C@@H]3CC=C4C[C@@H](O)CC[C@]4(C)[C@H]3CC[C@]12C)C(C)C.C=C(CC[C@@H](C)[C@H]1CC[C@H]2[C@@H]3CC=C4C[C@@H](O)CC[C@]4(C)[C@H]3CC[C@]12C)C(C)C.CC(C)=CCC[C@@H](C)[C@H]1CC[C@H]2[C@@H]3CC=C4C[C@@H](O)CC[C@]4(C)[C@H]3CC[C@]12C. The minimum atomic E-state index is -0.0861. The molecule has 0 radical (unpaired) electrons. The van der Waals surface area contributed by atoms with Crippen LogP contribution in [0.3, 0.4) is 0 Å². The summed E-state index contributed by atoms with van der Waals surface area (Å²) < 4.78 is 0. The van der Waals surface area contributed by atoms with Crippen LogP contribution >= 0.6 is 0 Å². The summed E-state index contributed by atoms with van der Waals surface area (Å²) in [4.78, 5) is 0. The molecule has 0 amide bonds. The average Bonchev–Trinajstić information content (AvgIpc) is 1.79. The highest BCUT2D eigenvalue weighted by atomic mass is 16.3. The Morgan fingerprint density at radius 3 is 1.13 bits per heavy atom. The van der Waals surface area contributed by atoms with Gasteiger partial charge in [-0.3, -0.25) is 0 Å². The van der Waals surface area contributed by atoms with E-state index in [1.54, 1.807) is 22.3 Å². The zero-order valence-corrected chi connectivity index (χ0v) is 59.7. The highest BCUT2D eigenvalue weighted by Gasteiger charge is 2.62. The minimum Gasteiger partial charge on any atom is -0.393 e. The van der Waals surface area contributed by atoms with Crippen LogP contribution in [0.15, 0.2) is 70.4 Å². The molecule has 87 heavy (non-hydrogen) atoms. The van der Waals surface area contributed by atoms with Crippen molar-refractivity contribution in [1.82, 2.24) is 0 Å². The molecule has 3 nitrogen and oxygen atoms in total. The molecule has 3 heteroatoms. The van der Waals surface area contributed by atoms with Crippen molar-refractivity contribution in [2.75, 3.05) is 0 Å². The van der Waals surface area contributed by atoms with Gasteiger partial charge in [0.1, 0.15) is 0 Å². The number of fused-ring (bicyclic) bond motifs is 15. The fraction of sp³-hybridized carbons (Fsp3) is 0.857. The van der Waals surface area contributed by atoms with Crippen LogP contribution < -0.4 is 0 Å². The molecule has 0 aromatic carbocycles. The summed E-state index contributed by atoms with van der Waals surface area (Å²) in [6.07, 6.45) is 50.9. The molecule has 0 bridgehead atoms. The monoisotopic (exact) mass is 1200 g/mol. The summed E-state index contributed by atoms with van der Waals surface area (Å²) in [7, 11) is 0. The van der Waals surface area contributed by atoms with Gasteiger partial charge in [-0.25, -0.2) is 0 Å². The molecular weight excluding hydrogens is 1060 g/mol. The lowest BCUT2D eigenvalue weighted by molar-refractivity contribution is -0.0571. The van der Waals surface area contributed by atoms with E-state index < -0.39 is 0 Å². The average molecular weight is 1200 g/mol. The van der Waals surface area contributed by atoms with Crippen molar-refractivity contribution in [2.24, 2.45) is 133 Å². The molecule has 24 atom stereocenters. The fourth-order valence-electron chi connectivity index (χ4n) is 26.0. The van der Waals surface area contributed by atoms with Crippen LogP contribution in [0.5, 0.6) is 0 Å². The summed E-state index contributed by atoms with van der Waals surface area (Å²) in [6, 6.07) is 0. The van der Waals surface area contributed by atoms with Crippen molar-refractivity contribution < 1.29 is 15.3 Å². The van der Waals surface area contributed by atoms with Crippen LogP contribution in [-0.2, 0) is 0 Å². The number of hydrogen-bond acceptors (Lipinski definition) is 3. The Hall–Kier alpha value is -1.68. The van der Waals surface area contributed by atoms with E-state index >= 15 is 0 Å². The predicted octanol–water partition coefficient (Wildman–Crippen LogP) is 22.8. The van der Waals surface area contributed by atoms with Crippen molar-refractivity contribution in [2.45, 2.75) is 322 Å². The van der Waals surface area contributed by atoms with Crippen LogP contribution in [0.25, 0.3) is 0 Å². The number of rotatable bonds is 14. The van der Waals surface area contributed by atoms with E-state index in [2.05, 4.69) is 148 Å². The van der Waals surface area contributed by atoms with E-state index in [9.17, 15) is 15.3 Å². The first-order chi connectivity index (χ1) is 41.1. The summed E-state index contributed by atoms with van der Waals surface area (Å²) in [5, 5.41) is 30.7. The second kappa shape index (κ2) is 27.0. The number of allylic oxidation sites excluding steroid dienone is 8. The molecule has 12 aliphatic carbocycles. The Labute approximate surface area is 537 Å². The number of aliphatic hydroxyl groups is 3. The molecule has 12 aliphatic rings. The molecule has 0 aromatic rings. The first-order valence-corrected chi connectivity index (χ1v) is 38.2. The van der Waals surface area contributed by atoms with Crippen molar-refractivity contribution in [3.8, 4) is 0 Å². The summed E-state index contributed by atoms with van der Waals surface area (Å²) >= 11 is 0. The molecule has 492 valence electrons. The first-order valence-electron chi connectivity index (χ1n) is 38.2. The van der Waals surface area contributed by atoms with E-state index in [0.717, 1.165) is 127 Å². The van der Waals surface area contributed by atoms with Gasteiger partial charge in [-0.2, -0.15) is 0 Å². The van der Waals surface area contributed by atoms with E-state index in [1.165, 1.54) is 165 Å². The van der Waals surface area contributed by atoms with E-state index in [4.69, 9.17) is 0 Å². The van der Waals surface area contributed by atoms with Crippen LogP contribution in [0.1, 0.15) is 303 Å². The second-order valence-electron chi connectivity index (χ2n) is 36.4. The zero-order chi connectivity index (χ0) is 62.8. The highest BCUT2D eigenvalue weighted by molar-refractivity contribution is 5.29. The summed E-state index contributed by atoms with van der Waals surface area (Å²) in [5.74, 6) is 14.7. The minimum absolute atomic E-state index is 0.0813. The lowest BCUT2D eigenvalue weighted by Crippen LogP contribution is -2.50. The van der Waals surface area contributed by atoms with Gasteiger partial charge < -0.3 is 15.3 Å². The smallest absolute Gasteiger partial charge is 0.0577 e. The van der Waals surface area contributed by atoms with Crippen LogP contribution in [-0.4, -0.2) is 33.6 Å². The lowest BCUT2D eigenvalue weighted by Gasteiger charge is -2.58. The molecule has 0 aromatic heterocycles.